The maximum Gasteiger partial charge on any atom is 0.0981 e. The minimum Gasteiger partial charge on any atom is -0.398 e. The van der Waals surface area contributed by atoms with Crippen molar-refractivity contribution in [1.82, 2.24) is 0 Å². The Hall–Kier alpha value is -2.01. The van der Waals surface area contributed by atoms with Gasteiger partial charge in [0.25, 0.3) is 0 Å². The first kappa shape index (κ1) is 12.4. The van der Waals surface area contributed by atoms with E-state index in [2.05, 4.69) is 31.2 Å². The minimum absolute atomic E-state index is 0.309. The Morgan fingerprint density at radius 2 is 2.00 bits per heavy atom. The van der Waals surface area contributed by atoms with Gasteiger partial charge in [0.2, 0.25) is 0 Å². The van der Waals surface area contributed by atoms with Gasteiger partial charge in [0.1, 0.15) is 0 Å². The van der Waals surface area contributed by atoms with E-state index >= 15 is 0 Å². The second-order valence-corrected chi connectivity index (χ2v) is 4.72. The van der Waals surface area contributed by atoms with Crippen LogP contribution < -0.4 is 5.73 Å². The van der Waals surface area contributed by atoms with Gasteiger partial charge >= 0.3 is 0 Å². The fraction of sp³-hybridized carbons (Fsp3) is 0.312. The Labute approximate surface area is 108 Å². The zero-order valence-corrected chi connectivity index (χ0v) is 10.7. The van der Waals surface area contributed by atoms with Crippen molar-refractivity contribution >= 4 is 0 Å². The highest BCUT2D eigenvalue weighted by molar-refractivity contribution is 5.57. The normalized spacial score (nSPS) is 22.2. The number of benzene rings is 1. The van der Waals surface area contributed by atoms with Crippen LogP contribution in [0, 0.1) is 11.3 Å². The molecule has 18 heavy (non-hydrogen) atoms. The fourth-order valence-corrected chi connectivity index (χ4v) is 2.60. The molecule has 0 radical (unpaired) electrons. The molecule has 92 valence electrons. The van der Waals surface area contributed by atoms with Crippen molar-refractivity contribution in [1.29, 1.82) is 5.26 Å². The van der Waals surface area contributed by atoms with Gasteiger partial charge in [-0.05, 0) is 18.1 Å². The smallest absolute Gasteiger partial charge is 0.0981 e. The van der Waals surface area contributed by atoms with Gasteiger partial charge < -0.3 is 5.73 Å². The first-order valence-corrected chi connectivity index (χ1v) is 6.39. The van der Waals surface area contributed by atoms with Crippen LogP contribution in [0.4, 0.5) is 0 Å². The summed E-state index contributed by atoms with van der Waals surface area (Å²) >= 11 is 0. The number of nitrogens with two attached hydrogens (primary N) is 1. The molecule has 1 aromatic rings. The third-order valence-corrected chi connectivity index (χ3v) is 3.61. The van der Waals surface area contributed by atoms with Crippen LogP contribution in [0.3, 0.4) is 0 Å². The highest BCUT2D eigenvalue weighted by atomic mass is 14.6. The van der Waals surface area contributed by atoms with Gasteiger partial charge in [0.15, 0.2) is 0 Å². The van der Waals surface area contributed by atoms with Crippen LogP contribution in [0.25, 0.3) is 0 Å². The number of hydrogen-bond donors (Lipinski definition) is 1. The molecule has 0 aliphatic heterocycles. The maximum absolute atomic E-state index is 9.40. The first-order valence-electron chi connectivity index (χ1n) is 6.39. The summed E-state index contributed by atoms with van der Waals surface area (Å²) in [5.41, 5.74) is 8.10. The standard InChI is InChI=1S/C16H18N2/c1-2-3-10-16(13-7-5-4-6-8-13)11-9-15(18)14(16)12-17/h4-9,11H,2-3,10,18H2,1H3/t16-/m0/s1. The van der Waals surface area contributed by atoms with Crippen LogP contribution in [0.15, 0.2) is 53.8 Å². The number of unbranched alkanes of at least 4 members (excludes halogenated alkanes) is 1. The average molecular weight is 238 g/mol. The van der Waals surface area contributed by atoms with Gasteiger partial charge in [-0.15, -0.1) is 0 Å². The fourth-order valence-electron chi connectivity index (χ4n) is 2.60. The number of hydrogen-bond acceptors (Lipinski definition) is 2. The molecular weight excluding hydrogens is 220 g/mol. The molecule has 0 fully saturated rings. The molecule has 2 rings (SSSR count). The van der Waals surface area contributed by atoms with Crippen LogP contribution in [0.1, 0.15) is 31.7 Å². The van der Waals surface area contributed by atoms with Crippen molar-refractivity contribution in [2.75, 3.05) is 0 Å². The van der Waals surface area contributed by atoms with Crippen LogP contribution in [-0.2, 0) is 5.41 Å². The van der Waals surface area contributed by atoms with Gasteiger partial charge in [0, 0.05) is 5.70 Å². The molecule has 1 aliphatic rings. The Kier molecular flexibility index (Phi) is 3.53. The quantitative estimate of drug-likeness (QED) is 0.873. The Morgan fingerprint density at radius 3 is 2.61 bits per heavy atom. The first-order chi connectivity index (χ1) is 8.74. The zero-order chi connectivity index (χ0) is 13.0. The van der Waals surface area contributed by atoms with Crippen molar-refractivity contribution in [3.63, 3.8) is 0 Å². The van der Waals surface area contributed by atoms with Gasteiger partial charge in [-0.25, -0.2) is 0 Å². The monoisotopic (exact) mass is 238 g/mol. The van der Waals surface area contributed by atoms with Crippen molar-refractivity contribution < 1.29 is 0 Å². The van der Waals surface area contributed by atoms with E-state index in [1.54, 1.807) is 0 Å². The number of allylic oxidation sites excluding steroid dienone is 3. The molecule has 0 heterocycles. The van der Waals surface area contributed by atoms with Crippen LogP contribution in [0.2, 0.25) is 0 Å². The molecule has 1 aromatic carbocycles. The van der Waals surface area contributed by atoms with Crippen molar-refractivity contribution in [3.05, 3.63) is 59.3 Å². The number of rotatable bonds is 4. The molecule has 2 heteroatoms. The van der Waals surface area contributed by atoms with Gasteiger partial charge in [-0.2, -0.15) is 5.26 Å². The molecule has 0 saturated carbocycles. The van der Waals surface area contributed by atoms with Gasteiger partial charge in [0.05, 0.1) is 17.1 Å². The molecule has 0 saturated heterocycles. The Bertz CT molecular complexity index is 520. The largest absolute Gasteiger partial charge is 0.398 e. The topological polar surface area (TPSA) is 49.8 Å². The second-order valence-electron chi connectivity index (χ2n) is 4.72. The summed E-state index contributed by atoms with van der Waals surface area (Å²) in [6.45, 7) is 2.16. The van der Waals surface area contributed by atoms with E-state index in [4.69, 9.17) is 5.73 Å². The Balaban J connectivity index is 2.50. The molecule has 1 aliphatic carbocycles. The lowest BCUT2D eigenvalue weighted by Crippen LogP contribution is -2.25. The summed E-state index contributed by atoms with van der Waals surface area (Å²) in [5.74, 6) is 0. The predicted octanol–water partition coefficient (Wildman–Crippen LogP) is 3.42. The third kappa shape index (κ3) is 1.93. The van der Waals surface area contributed by atoms with Crippen LogP contribution in [-0.4, -0.2) is 0 Å². The van der Waals surface area contributed by atoms with Crippen LogP contribution >= 0.6 is 0 Å². The number of nitriles is 1. The van der Waals surface area contributed by atoms with Crippen molar-refractivity contribution in [2.45, 2.75) is 31.6 Å². The molecule has 2 N–H and O–H groups in total. The van der Waals surface area contributed by atoms with Gasteiger partial charge in [-0.1, -0.05) is 56.2 Å². The molecular formula is C16H18N2. The highest BCUT2D eigenvalue weighted by Gasteiger charge is 2.37. The third-order valence-electron chi connectivity index (χ3n) is 3.61. The molecule has 2 nitrogen and oxygen atoms in total. The van der Waals surface area contributed by atoms with E-state index < -0.39 is 0 Å². The summed E-state index contributed by atoms with van der Waals surface area (Å²) in [6, 6.07) is 12.5. The lowest BCUT2D eigenvalue weighted by molar-refractivity contribution is 0.550. The van der Waals surface area contributed by atoms with E-state index in [9.17, 15) is 5.26 Å². The Morgan fingerprint density at radius 1 is 1.28 bits per heavy atom. The summed E-state index contributed by atoms with van der Waals surface area (Å²) in [6.07, 6.45) is 7.10. The lowest BCUT2D eigenvalue weighted by Gasteiger charge is -2.28. The molecule has 0 amide bonds. The molecule has 0 aromatic heterocycles. The van der Waals surface area contributed by atoms with Crippen molar-refractivity contribution in [3.8, 4) is 6.07 Å². The summed E-state index contributed by atoms with van der Waals surface area (Å²) in [7, 11) is 0. The molecule has 0 spiro atoms. The molecule has 0 bridgehead atoms. The van der Waals surface area contributed by atoms with E-state index in [1.165, 1.54) is 0 Å². The lowest BCUT2D eigenvalue weighted by atomic mass is 9.73. The summed E-state index contributed by atoms with van der Waals surface area (Å²) in [4.78, 5) is 0. The van der Waals surface area contributed by atoms with E-state index in [0.29, 0.717) is 11.3 Å². The highest BCUT2D eigenvalue weighted by Crippen LogP contribution is 2.42. The number of nitrogens with zero attached hydrogens (tertiary/aromatic N) is 1. The summed E-state index contributed by atoms with van der Waals surface area (Å²) < 4.78 is 0. The molecule has 1 atom stereocenters. The van der Waals surface area contributed by atoms with Crippen LogP contribution in [0.5, 0.6) is 0 Å². The molecule has 0 unspecified atom stereocenters. The van der Waals surface area contributed by atoms with E-state index in [-0.39, 0.29) is 5.41 Å². The average Bonchev–Trinajstić information content (AvgIpc) is 2.75. The zero-order valence-electron chi connectivity index (χ0n) is 10.7. The SMILES string of the molecule is CCCC[C@@]1(c2ccccc2)C=CC(N)=C1C#N. The maximum atomic E-state index is 9.40. The predicted molar refractivity (Wildman–Crippen MR) is 73.6 cm³/mol. The van der Waals surface area contributed by atoms with Gasteiger partial charge in [-0.3, -0.25) is 0 Å². The van der Waals surface area contributed by atoms with E-state index in [1.807, 2.05) is 24.3 Å². The second kappa shape index (κ2) is 5.10. The van der Waals surface area contributed by atoms with Crippen molar-refractivity contribution in [2.24, 2.45) is 5.73 Å². The minimum atomic E-state index is -0.309. The van der Waals surface area contributed by atoms with E-state index in [0.717, 1.165) is 24.8 Å². The summed E-state index contributed by atoms with van der Waals surface area (Å²) in [5, 5.41) is 9.40.